The summed E-state index contributed by atoms with van der Waals surface area (Å²) in [5, 5.41) is 3.64. The van der Waals surface area contributed by atoms with Gasteiger partial charge in [0.15, 0.2) is 0 Å². The zero-order valence-corrected chi connectivity index (χ0v) is 24.9. The molecule has 1 atom stereocenters. The molecule has 7 nitrogen and oxygen atoms in total. The van der Waals surface area contributed by atoms with Gasteiger partial charge in [-0.25, -0.2) is 12.8 Å². The largest absolute Gasteiger partial charge is 0.352 e. The molecule has 41 heavy (non-hydrogen) atoms. The molecule has 0 radical (unpaired) electrons. The molecule has 0 unspecified atom stereocenters. The molecule has 0 heterocycles. The lowest BCUT2D eigenvalue weighted by molar-refractivity contribution is -0.139. The van der Waals surface area contributed by atoms with Crippen LogP contribution >= 0.6 is 23.2 Å². The Bertz CT molecular complexity index is 1480. The van der Waals surface area contributed by atoms with Gasteiger partial charge in [0, 0.05) is 12.6 Å². The second-order valence-electron chi connectivity index (χ2n) is 10.1. The fraction of sp³-hybridized carbons (Fsp3) is 0.333. The summed E-state index contributed by atoms with van der Waals surface area (Å²) in [6.45, 7) is 0.804. The van der Waals surface area contributed by atoms with Crippen LogP contribution in [0.3, 0.4) is 0 Å². The van der Waals surface area contributed by atoms with Crippen LogP contribution < -0.4 is 9.62 Å². The first-order valence-corrected chi connectivity index (χ1v) is 15.6. The third-order valence-corrected chi connectivity index (χ3v) is 9.70. The lowest BCUT2D eigenvalue weighted by Crippen LogP contribution is -2.53. The number of sulfonamides is 1. The zero-order valence-electron chi connectivity index (χ0n) is 22.6. The van der Waals surface area contributed by atoms with Gasteiger partial charge in [0.2, 0.25) is 11.8 Å². The van der Waals surface area contributed by atoms with E-state index in [9.17, 15) is 22.4 Å². The Kier molecular flexibility index (Phi) is 10.3. The normalized spacial score (nSPS) is 14.7. The second-order valence-corrected chi connectivity index (χ2v) is 12.7. The standard InChI is InChI=1S/C30H32Cl2FN3O4S/c1-21(30(38)34-23-10-4-2-5-11-23)35(19-22-16-17-25(31)26(32)18-22)29(37)20-36(28-15-9-8-14-27(28)33)41(39,40)24-12-6-3-7-13-24/h3,6-9,12-18,21,23H,2,4-5,10-11,19-20H2,1H3,(H,34,38)/t21-/m1/s1. The van der Waals surface area contributed by atoms with Gasteiger partial charge in [-0.05, 0) is 61.7 Å². The van der Waals surface area contributed by atoms with Crippen molar-refractivity contribution in [3.63, 3.8) is 0 Å². The predicted molar refractivity (Wildman–Crippen MR) is 159 cm³/mol. The third-order valence-electron chi connectivity index (χ3n) is 7.19. The summed E-state index contributed by atoms with van der Waals surface area (Å²) < 4.78 is 43.2. The summed E-state index contributed by atoms with van der Waals surface area (Å²) in [5.41, 5.74) is 0.312. The quantitative estimate of drug-likeness (QED) is 0.293. The molecule has 1 saturated carbocycles. The minimum Gasteiger partial charge on any atom is -0.352 e. The first-order chi connectivity index (χ1) is 19.6. The second kappa shape index (κ2) is 13.7. The van der Waals surface area contributed by atoms with E-state index in [4.69, 9.17) is 23.2 Å². The molecule has 2 amide bonds. The molecule has 1 aliphatic rings. The summed E-state index contributed by atoms with van der Waals surface area (Å²) in [5.74, 6) is -1.85. The minimum atomic E-state index is -4.35. The van der Waals surface area contributed by atoms with Gasteiger partial charge < -0.3 is 10.2 Å². The molecule has 3 aromatic carbocycles. The maximum atomic E-state index is 15.0. The Labute approximate surface area is 250 Å². The van der Waals surface area contributed by atoms with Crippen LogP contribution in [0.4, 0.5) is 10.1 Å². The fourth-order valence-corrected chi connectivity index (χ4v) is 6.64. The highest BCUT2D eigenvalue weighted by Gasteiger charge is 2.34. The van der Waals surface area contributed by atoms with Crippen LogP contribution in [-0.2, 0) is 26.2 Å². The van der Waals surface area contributed by atoms with Gasteiger partial charge in [0.1, 0.15) is 18.4 Å². The van der Waals surface area contributed by atoms with Crippen molar-refractivity contribution < 1.29 is 22.4 Å². The van der Waals surface area contributed by atoms with Crippen molar-refractivity contribution >= 4 is 50.7 Å². The number of benzene rings is 3. The Morgan fingerprint density at radius 1 is 0.951 bits per heavy atom. The van der Waals surface area contributed by atoms with Crippen LogP contribution in [0.25, 0.3) is 0 Å². The van der Waals surface area contributed by atoms with Crippen molar-refractivity contribution in [2.75, 3.05) is 10.8 Å². The summed E-state index contributed by atoms with van der Waals surface area (Å²) in [4.78, 5) is 28.5. The van der Waals surface area contributed by atoms with Crippen molar-refractivity contribution in [2.45, 2.75) is 62.6 Å². The molecule has 11 heteroatoms. The summed E-state index contributed by atoms with van der Waals surface area (Å²) in [6, 6.07) is 16.7. The smallest absolute Gasteiger partial charge is 0.264 e. The van der Waals surface area contributed by atoms with E-state index in [2.05, 4.69) is 5.32 Å². The van der Waals surface area contributed by atoms with Crippen molar-refractivity contribution in [3.05, 3.63) is 94.2 Å². The predicted octanol–water partition coefficient (Wildman–Crippen LogP) is 6.19. The molecule has 1 N–H and O–H groups in total. The van der Waals surface area contributed by atoms with Crippen LogP contribution in [0.1, 0.15) is 44.6 Å². The van der Waals surface area contributed by atoms with Crippen LogP contribution in [0.2, 0.25) is 10.0 Å². The highest BCUT2D eigenvalue weighted by molar-refractivity contribution is 7.92. The highest BCUT2D eigenvalue weighted by atomic mass is 35.5. The number of para-hydroxylation sites is 1. The summed E-state index contributed by atoms with van der Waals surface area (Å²) in [7, 11) is -4.35. The Morgan fingerprint density at radius 2 is 1.61 bits per heavy atom. The molecule has 0 aromatic heterocycles. The first-order valence-electron chi connectivity index (χ1n) is 13.4. The monoisotopic (exact) mass is 619 g/mol. The molecule has 0 spiro atoms. The van der Waals surface area contributed by atoms with Crippen LogP contribution in [0, 0.1) is 5.82 Å². The zero-order chi connectivity index (χ0) is 29.6. The number of rotatable bonds is 10. The van der Waals surface area contributed by atoms with Crippen molar-refractivity contribution in [2.24, 2.45) is 0 Å². The van der Waals surface area contributed by atoms with Gasteiger partial charge in [-0.3, -0.25) is 13.9 Å². The highest BCUT2D eigenvalue weighted by Crippen LogP contribution is 2.28. The molecular weight excluding hydrogens is 588 g/mol. The number of nitrogens with one attached hydrogen (secondary N) is 1. The first kappa shape index (κ1) is 30.8. The Balaban J connectivity index is 1.69. The maximum absolute atomic E-state index is 15.0. The van der Waals surface area contributed by atoms with Crippen LogP contribution in [0.15, 0.2) is 77.7 Å². The number of amides is 2. The topological polar surface area (TPSA) is 86.8 Å². The van der Waals surface area contributed by atoms with Gasteiger partial charge in [-0.1, -0.05) is 78.9 Å². The Morgan fingerprint density at radius 3 is 2.27 bits per heavy atom. The third kappa shape index (κ3) is 7.58. The fourth-order valence-electron chi connectivity index (χ4n) is 4.87. The molecule has 0 saturated heterocycles. The molecule has 4 rings (SSSR count). The lowest BCUT2D eigenvalue weighted by Gasteiger charge is -2.33. The van der Waals surface area contributed by atoms with Gasteiger partial charge in [-0.15, -0.1) is 0 Å². The van der Waals surface area contributed by atoms with Crippen molar-refractivity contribution in [1.29, 1.82) is 0 Å². The van der Waals surface area contributed by atoms with Crippen molar-refractivity contribution in [3.8, 4) is 0 Å². The average Bonchev–Trinajstić information content (AvgIpc) is 2.97. The molecule has 0 bridgehead atoms. The number of hydrogen-bond donors (Lipinski definition) is 1. The number of nitrogens with zero attached hydrogens (tertiary/aromatic N) is 2. The SMILES string of the molecule is C[C@H](C(=O)NC1CCCCC1)N(Cc1ccc(Cl)c(Cl)c1)C(=O)CN(c1ccccc1F)S(=O)(=O)c1ccccc1. The van der Waals surface area contributed by atoms with Gasteiger partial charge in [0.05, 0.1) is 20.6 Å². The van der Waals surface area contributed by atoms with Crippen LogP contribution in [0.5, 0.6) is 0 Å². The van der Waals surface area contributed by atoms with Crippen molar-refractivity contribution in [1.82, 2.24) is 10.2 Å². The van der Waals surface area contributed by atoms with E-state index >= 15 is 0 Å². The number of anilines is 1. The van der Waals surface area contributed by atoms with Gasteiger partial charge in [0.25, 0.3) is 10.0 Å². The lowest BCUT2D eigenvalue weighted by atomic mass is 9.95. The van der Waals surface area contributed by atoms with Gasteiger partial charge >= 0.3 is 0 Å². The summed E-state index contributed by atoms with van der Waals surface area (Å²) in [6.07, 6.45) is 4.86. The maximum Gasteiger partial charge on any atom is 0.264 e. The van der Waals surface area contributed by atoms with E-state index in [0.29, 0.717) is 10.6 Å². The number of carbonyl (C=O) groups is 2. The van der Waals surface area contributed by atoms with Crippen LogP contribution in [-0.4, -0.2) is 43.8 Å². The number of hydrogen-bond acceptors (Lipinski definition) is 4. The molecule has 1 aliphatic carbocycles. The minimum absolute atomic E-state index is 0.00833. The molecule has 0 aliphatic heterocycles. The molecule has 3 aromatic rings. The van der Waals surface area contributed by atoms with E-state index in [0.717, 1.165) is 42.5 Å². The molecule has 1 fully saturated rings. The Hall–Kier alpha value is -3.14. The van der Waals surface area contributed by atoms with E-state index in [1.54, 1.807) is 43.3 Å². The number of halogens is 3. The van der Waals surface area contributed by atoms with Gasteiger partial charge in [-0.2, -0.15) is 0 Å². The molecular formula is C30H32Cl2FN3O4S. The van der Waals surface area contributed by atoms with E-state index in [1.807, 2.05) is 0 Å². The number of carbonyl (C=O) groups excluding carboxylic acids is 2. The molecule has 218 valence electrons. The van der Waals surface area contributed by atoms with E-state index in [-0.39, 0.29) is 34.1 Å². The van der Waals surface area contributed by atoms with E-state index in [1.165, 1.54) is 35.2 Å². The van der Waals surface area contributed by atoms with E-state index < -0.39 is 34.3 Å². The average molecular weight is 621 g/mol. The summed E-state index contributed by atoms with van der Waals surface area (Å²) >= 11 is 12.3.